The summed E-state index contributed by atoms with van der Waals surface area (Å²) in [4.78, 5) is 11.9. The van der Waals surface area contributed by atoms with Crippen LogP contribution >= 0.6 is 0 Å². The maximum Gasteiger partial charge on any atom is 0.341 e. The van der Waals surface area contributed by atoms with E-state index in [1.54, 1.807) is 24.3 Å². The summed E-state index contributed by atoms with van der Waals surface area (Å²) >= 11 is 0. The molecule has 0 saturated heterocycles. The summed E-state index contributed by atoms with van der Waals surface area (Å²) in [6, 6.07) is 22.4. The second-order valence-corrected chi connectivity index (χ2v) is 12.2. The van der Waals surface area contributed by atoms with Crippen LogP contribution in [0.25, 0.3) is 21.9 Å². The van der Waals surface area contributed by atoms with E-state index in [0.717, 1.165) is 51.0 Å². The van der Waals surface area contributed by atoms with Crippen molar-refractivity contribution < 1.29 is 23.8 Å². The molecule has 1 N–H and O–H groups in total. The van der Waals surface area contributed by atoms with Crippen molar-refractivity contribution in [2.45, 2.75) is 50.5 Å². The monoisotopic (exact) mass is 536 g/mol. The molecule has 4 saturated carbocycles. The molecular formula is C35H33FO4. The van der Waals surface area contributed by atoms with Gasteiger partial charge in [0, 0.05) is 5.56 Å². The molecule has 4 aromatic carbocycles. The third-order valence-corrected chi connectivity index (χ3v) is 9.59. The largest absolute Gasteiger partial charge is 0.507 e. The van der Waals surface area contributed by atoms with Crippen LogP contribution in [-0.4, -0.2) is 18.2 Å². The zero-order valence-corrected chi connectivity index (χ0v) is 22.7. The second-order valence-electron chi connectivity index (χ2n) is 12.2. The molecule has 4 fully saturated rings. The highest BCUT2D eigenvalue weighted by Crippen LogP contribution is 2.62. The average Bonchev–Trinajstić information content (AvgIpc) is 2.95. The Hall–Kier alpha value is -3.86. The summed E-state index contributed by atoms with van der Waals surface area (Å²) in [6.45, 7) is 0.398. The zero-order chi connectivity index (χ0) is 27.4. The predicted octanol–water partition coefficient (Wildman–Crippen LogP) is 8.18. The first kappa shape index (κ1) is 25.1. The molecule has 8 rings (SSSR count). The lowest BCUT2D eigenvalue weighted by molar-refractivity contribution is -0.00640. The number of phenolic OH excluding ortho intramolecular Hbond substituents is 1. The number of methoxy groups -OCH3 is 1. The second kappa shape index (κ2) is 9.65. The molecule has 40 heavy (non-hydrogen) atoms. The molecule has 0 atom stereocenters. The van der Waals surface area contributed by atoms with E-state index in [1.807, 2.05) is 12.1 Å². The summed E-state index contributed by atoms with van der Waals surface area (Å²) < 4.78 is 24.8. The van der Waals surface area contributed by atoms with E-state index in [0.29, 0.717) is 6.61 Å². The molecule has 204 valence electrons. The molecular weight excluding hydrogens is 503 g/mol. The van der Waals surface area contributed by atoms with Gasteiger partial charge in [-0.25, -0.2) is 9.18 Å². The molecule has 0 aliphatic heterocycles. The number of hydrogen-bond donors (Lipinski definition) is 1. The first-order chi connectivity index (χ1) is 19.4. The Kier molecular flexibility index (Phi) is 6.06. The molecule has 0 amide bonds. The van der Waals surface area contributed by atoms with Gasteiger partial charge in [-0.05, 0) is 132 Å². The fourth-order valence-electron chi connectivity index (χ4n) is 8.17. The Balaban J connectivity index is 1.29. The number of rotatable bonds is 6. The van der Waals surface area contributed by atoms with Crippen molar-refractivity contribution in [1.29, 1.82) is 0 Å². The molecule has 0 radical (unpaired) electrons. The maximum absolute atomic E-state index is 13.5. The number of hydrogen-bond acceptors (Lipinski definition) is 4. The molecule has 0 unspecified atom stereocenters. The minimum absolute atomic E-state index is 0.0942. The average molecular weight is 537 g/mol. The Morgan fingerprint density at radius 3 is 2.15 bits per heavy atom. The smallest absolute Gasteiger partial charge is 0.341 e. The number of phenols is 1. The first-order valence-corrected chi connectivity index (χ1v) is 14.3. The predicted molar refractivity (Wildman–Crippen MR) is 153 cm³/mol. The molecule has 4 aromatic rings. The van der Waals surface area contributed by atoms with E-state index in [2.05, 4.69) is 24.3 Å². The zero-order valence-electron chi connectivity index (χ0n) is 22.7. The summed E-state index contributed by atoms with van der Waals surface area (Å²) in [5, 5.41) is 12.7. The quantitative estimate of drug-likeness (QED) is 0.253. The van der Waals surface area contributed by atoms with E-state index in [1.165, 1.54) is 63.3 Å². The third kappa shape index (κ3) is 4.42. The molecule has 0 heterocycles. The van der Waals surface area contributed by atoms with Gasteiger partial charge in [0.1, 0.15) is 29.5 Å². The summed E-state index contributed by atoms with van der Waals surface area (Å²) in [5.41, 5.74) is 4.35. The number of carbonyl (C=O) groups is 1. The highest BCUT2D eigenvalue weighted by molar-refractivity contribution is 5.94. The Labute approximate surface area is 233 Å². The number of esters is 1. The summed E-state index contributed by atoms with van der Waals surface area (Å²) in [7, 11) is 1.30. The van der Waals surface area contributed by atoms with Crippen LogP contribution in [0.1, 0.15) is 60.0 Å². The van der Waals surface area contributed by atoms with Gasteiger partial charge in [0.2, 0.25) is 0 Å². The molecule has 4 nitrogen and oxygen atoms in total. The van der Waals surface area contributed by atoms with Gasteiger partial charge in [0.05, 0.1) is 7.11 Å². The lowest BCUT2D eigenvalue weighted by atomic mass is 9.48. The molecule has 4 bridgehead atoms. The number of halogens is 1. The fraction of sp³-hybridized carbons (Fsp3) is 0.343. The van der Waals surface area contributed by atoms with Crippen molar-refractivity contribution in [2.75, 3.05) is 7.11 Å². The molecule has 5 heteroatoms. The Morgan fingerprint density at radius 1 is 0.850 bits per heavy atom. The van der Waals surface area contributed by atoms with Crippen molar-refractivity contribution >= 4 is 16.7 Å². The summed E-state index contributed by atoms with van der Waals surface area (Å²) in [6.07, 6.45) is 7.77. The van der Waals surface area contributed by atoms with Crippen LogP contribution in [0.2, 0.25) is 0 Å². The fourth-order valence-corrected chi connectivity index (χ4v) is 8.17. The number of aromatic hydroxyl groups is 1. The molecule has 4 aliphatic carbocycles. The highest BCUT2D eigenvalue weighted by Gasteiger charge is 2.52. The normalized spacial score (nSPS) is 24.8. The van der Waals surface area contributed by atoms with E-state index in [-0.39, 0.29) is 22.5 Å². The Morgan fingerprint density at radius 2 is 1.50 bits per heavy atom. The van der Waals surface area contributed by atoms with Crippen LogP contribution in [0.3, 0.4) is 0 Å². The van der Waals surface area contributed by atoms with Crippen LogP contribution in [0.5, 0.6) is 11.5 Å². The van der Waals surface area contributed by atoms with Gasteiger partial charge in [-0.3, -0.25) is 0 Å². The number of carbonyl (C=O) groups excluding carboxylic acids is 1. The minimum Gasteiger partial charge on any atom is -0.507 e. The van der Waals surface area contributed by atoms with E-state index < -0.39 is 5.97 Å². The molecule has 4 aliphatic rings. The van der Waals surface area contributed by atoms with Gasteiger partial charge >= 0.3 is 5.97 Å². The van der Waals surface area contributed by atoms with Crippen molar-refractivity contribution in [1.82, 2.24) is 0 Å². The third-order valence-electron chi connectivity index (χ3n) is 9.59. The molecule has 0 spiro atoms. The van der Waals surface area contributed by atoms with Crippen molar-refractivity contribution in [3.63, 3.8) is 0 Å². The van der Waals surface area contributed by atoms with Crippen LogP contribution in [0, 0.1) is 23.6 Å². The number of benzene rings is 4. The van der Waals surface area contributed by atoms with Gasteiger partial charge in [0.25, 0.3) is 0 Å². The van der Waals surface area contributed by atoms with Crippen LogP contribution in [-0.2, 0) is 16.8 Å². The van der Waals surface area contributed by atoms with E-state index in [4.69, 9.17) is 9.47 Å². The van der Waals surface area contributed by atoms with Crippen LogP contribution in [0.4, 0.5) is 4.39 Å². The van der Waals surface area contributed by atoms with Crippen LogP contribution < -0.4 is 4.74 Å². The van der Waals surface area contributed by atoms with Gasteiger partial charge in [-0.15, -0.1) is 0 Å². The minimum atomic E-state index is -0.559. The standard InChI is InChI=1S/C35H33FO4/c1-39-34(38)30-9-6-26(15-32(30)37)25-4-5-27-16-33(40-20-21-2-7-29(36)8-3-21)31(14-28(27)13-25)35-17-22-10-23(18-35)12-24(11-22)19-35/h2-9,13-16,22-24,37H,10-12,17-20H2,1H3. The number of ether oxygens (including phenoxy) is 2. The lowest BCUT2D eigenvalue weighted by Crippen LogP contribution is -2.48. The SMILES string of the molecule is COC(=O)c1ccc(-c2ccc3cc(OCc4ccc(F)cc4)c(C45CC6CC(CC(C6)C4)C5)cc3c2)cc1O. The topological polar surface area (TPSA) is 55.8 Å². The first-order valence-electron chi connectivity index (χ1n) is 14.3. The maximum atomic E-state index is 13.5. The number of fused-ring (bicyclic) bond motifs is 1. The van der Waals surface area contributed by atoms with Gasteiger partial charge in [-0.1, -0.05) is 30.3 Å². The van der Waals surface area contributed by atoms with Gasteiger partial charge in [0.15, 0.2) is 0 Å². The van der Waals surface area contributed by atoms with Crippen molar-refractivity contribution in [2.24, 2.45) is 17.8 Å². The van der Waals surface area contributed by atoms with Gasteiger partial charge < -0.3 is 14.6 Å². The van der Waals surface area contributed by atoms with E-state index >= 15 is 0 Å². The summed E-state index contributed by atoms with van der Waals surface area (Å²) in [5.74, 6) is 2.44. The van der Waals surface area contributed by atoms with Crippen LogP contribution in [0.15, 0.2) is 72.8 Å². The highest BCUT2D eigenvalue weighted by atomic mass is 19.1. The van der Waals surface area contributed by atoms with E-state index in [9.17, 15) is 14.3 Å². The molecule has 0 aromatic heterocycles. The van der Waals surface area contributed by atoms with Crippen molar-refractivity contribution in [3.8, 4) is 22.6 Å². The Bertz CT molecular complexity index is 1570. The van der Waals surface area contributed by atoms with Gasteiger partial charge in [-0.2, -0.15) is 0 Å². The van der Waals surface area contributed by atoms with Crippen molar-refractivity contribution in [3.05, 3.63) is 95.3 Å². The lowest BCUT2D eigenvalue weighted by Gasteiger charge is -2.57.